The predicted molar refractivity (Wildman–Crippen MR) is 113 cm³/mol. The van der Waals surface area contributed by atoms with Crippen molar-refractivity contribution in [3.63, 3.8) is 0 Å². The summed E-state index contributed by atoms with van der Waals surface area (Å²) in [6, 6.07) is 0. The number of ether oxygens (including phenoxy) is 2. The van der Waals surface area contributed by atoms with Gasteiger partial charge in [-0.15, -0.1) is 0 Å². The van der Waals surface area contributed by atoms with E-state index in [-0.39, 0.29) is 11.9 Å². The Hall–Kier alpha value is -1.36. The van der Waals surface area contributed by atoms with Crippen molar-refractivity contribution >= 4 is 11.9 Å². The minimum Gasteiger partial charge on any atom is -0.457 e. The summed E-state index contributed by atoms with van der Waals surface area (Å²) in [5, 5.41) is 10.0. The molecule has 1 aliphatic heterocycles. The van der Waals surface area contributed by atoms with Gasteiger partial charge in [0.2, 0.25) is 6.29 Å². The number of carbonyl (C=O) groups excluding carboxylic acids is 2. The zero-order valence-electron chi connectivity index (χ0n) is 18.2. The number of aliphatic hydroxyl groups excluding tert-OH is 1. The van der Waals surface area contributed by atoms with E-state index in [0.717, 1.165) is 38.5 Å². The number of esters is 2. The van der Waals surface area contributed by atoms with E-state index in [0.29, 0.717) is 12.0 Å². The molecule has 0 aromatic heterocycles. The summed E-state index contributed by atoms with van der Waals surface area (Å²) >= 11 is 0. The highest BCUT2D eigenvalue weighted by Gasteiger charge is 2.34. The van der Waals surface area contributed by atoms with E-state index in [1.54, 1.807) is 0 Å². The molecule has 1 N–H and O–H groups in total. The van der Waals surface area contributed by atoms with E-state index >= 15 is 0 Å². The molecule has 5 nitrogen and oxygen atoms in total. The average Bonchev–Trinajstić information content (AvgIpc) is 3.07. The molecular weight excluding hydrogens is 368 g/mol. The molecule has 0 aromatic rings. The third-order valence-corrected chi connectivity index (χ3v) is 6.19. The fourth-order valence-corrected chi connectivity index (χ4v) is 4.36. The van der Waals surface area contributed by atoms with Gasteiger partial charge in [0.15, 0.2) is 0 Å². The Morgan fingerprint density at radius 2 is 1.62 bits per heavy atom. The van der Waals surface area contributed by atoms with Crippen molar-refractivity contribution in [3.8, 4) is 0 Å². The van der Waals surface area contributed by atoms with Gasteiger partial charge < -0.3 is 14.6 Å². The Kier molecular flexibility index (Phi) is 11.4. The van der Waals surface area contributed by atoms with Crippen LogP contribution < -0.4 is 0 Å². The number of aliphatic hydroxyl groups is 1. The lowest BCUT2D eigenvalue weighted by molar-refractivity contribution is -0.157. The maximum Gasteiger partial charge on any atom is 0.333 e. The quantitative estimate of drug-likeness (QED) is 0.299. The lowest BCUT2D eigenvalue weighted by Gasteiger charge is -2.25. The number of hydrogen-bond acceptors (Lipinski definition) is 5. The van der Waals surface area contributed by atoms with Crippen LogP contribution in [0.4, 0.5) is 0 Å². The molecule has 0 bridgehead atoms. The van der Waals surface area contributed by atoms with Crippen LogP contribution in [0.1, 0.15) is 110 Å². The molecule has 2 rings (SSSR count). The third-order valence-electron chi connectivity index (χ3n) is 6.19. The van der Waals surface area contributed by atoms with Gasteiger partial charge in [0, 0.05) is 11.6 Å². The summed E-state index contributed by atoms with van der Waals surface area (Å²) in [4.78, 5) is 24.1. The maximum absolute atomic E-state index is 12.6. The molecule has 2 atom stereocenters. The Labute approximate surface area is 176 Å². The molecule has 1 aliphatic carbocycles. The topological polar surface area (TPSA) is 72.8 Å². The van der Waals surface area contributed by atoms with Crippen LogP contribution in [0, 0.1) is 5.92 Å². The molecular formula is C24H40O5. The van der Waals surface area contributed by atoms with Crippen molar-refractivity contribution in [3.05, 3.63) is 11.6 Å². The van der Waals surface area contributed by atoms with Crippen LogP contribution in [-0.2, 0) is 19.1 Å². The van der Waals surface area contributed by atoms with Crippen LogP contribution in [0.5, 0.6) is 0 Å². The third kappa shape index (κ3) is 8.90. The zero-order chi connectivity index (χ0) is 20.9. The van der Waals surface area contributed by atoms with Gasteiger partial charge in [-0.05, 0) is 25.7 Å². The lowest BCUT2D eigenvalue weighted by Crippen LogP contribution is -2.30. The highest BCUT2D eigenvalue weighted by Crippen LogP contribution is 2.29. The average molecular weight is 409 g/mol. The molecule has 5 heteroatoms. The Balaban J connectivity index is 1.72. The second-order valence-electron chi connectivity index (χ2n) is 8.66. The van der Waals surface area contributed by atoms with E-state index in [9.17, 15) is 14.7 Å². The molecule has 0 amide bonds. The lowest BCUT2D eigenvalue weighted by atomic mass is 9.89. The summed E-state index contributed by atoms with van der Waals surface area (Å²) in [6.45, 7) is 2.24. The summed E-state index contributed by atoms with van der Waals surface area (Å²) < 4.78 is 10.6. The van der Waals surface area contributed by atoms with E-state index in [1.165, 1.54) is 63.9 Å². The second-order valence-corrected chi connectivity index (χ2v) is 8.66. The van der Waals surface area contributed by atoms with Crippen molar-refractivity contribution in [2.75, 3.05) is 0 Å². The SMILES string of the molecule is CCCCCCCCCCCCC(OC(=O)C1CCCCC1)C1=CC(=O)OC1O. The van der Waals surface area contributed by atoms with Crippen molar-refractivity contribution in [2.45, 2.75) is 122 Å². The van der Waals surface area contributed by atoms with Crippen LogP contribution >= 0.6 is 0 Å². The van der Waals surface area contributed by atoms with Gasteiger partial charge in [-0.1, -0.05) is 84.0 Å². The van der Waals surface area contributed by atoms with Crippen LogP contribution in [0.15, 0.2) is 11.6 Å². The first kappa shape index (κ1) is 23.9. The van der Waals surface area contributed by atoms with Crippen LogP contribution in [-0.4, -0.2) is 29.4 Å². The van der Waals surface area contributed by atoms with E-state index < -0.39 is 18.4 Å². The minimum atomic E-state index is -1.28. The van der Waals surface area contributed by atoms with E-state index in [2.05, 4.69) is 6.92 Å². The van der Waals surface area contributed by atoms with E-state index in [1.807, 2.05) is 0 Å². The van der Waals surface area contributed by atoms with Gasteiger partial charge in [-0.2, -0.15) is 0 Å². The number of unbranched alkanes of at least 4 members (excludes halogenated alkanes) is 9. The fraction of sp³-hybridized carbons (Fsp3) is 0.833. The Morgan fingerprint density at radius 3 is 2.17 bits per heavy atom. The molecule has 1 heterocycles. The molecule has 1 fully saturated rings. The standard InChI is InChI=1S/C24H40O5/c1-2-3-4-5-6-7-8-9-10-14-17-21(20-18-22(25)29-24(20)27)28-23(26)19-15-12-11-13-16-19/h18-19,21,24,27H,2-17H2,1H3. The van der Waals surface area contributed by atoms with Crippen molar-refractivity contribution in [1.82, 2.24) is 0 Å². The van der Waals surface area contributed by atoms with Crippen molar-refractivity contribution in [2.24, 2.45) is 5.92 Å². The van der Waals surface area contributed by atoms with Crippen molar-refractivity contribution in [1.29, 1.82) is 0 Å². The number of rotatable bonds is 14. The number of hydrogen-bond donors (Lipinski definition) is 1. The molecule has 0 saturated heterocycles. The number of carbonyl (C=O) groups is 2. The minimum absolute atomic E-state index is 0.0466. The molecule has 166 valence electrons. The maximum atomic E-state index is 12.6. The summed E-state index contributed by atoms with van der Waals surface area (Å²) in [5.74, 6) is -0.793. The zero-order valence-corrected chi connectivity index (χ0v) is 18.2. The highest BCUT2D eigenvalue weighted by atomic mass is 16.6. The molecule has 29 heavy (non-hydrogen) atoms. The molecule has 0 radical (unpaired) electrons. The molecule has 0 spiro atoms. The van der Waals surface area contributed by atoms with Crippen molar-refractivity contribution < 1.29 is 24.2 Å². The largest absolute Gasteiger partial charge is 0.457 e. The van der Waals surface area contributed by atoms with Gasteiger partial charge in [0.25, 0.3) is 0 Å². The molecule has 0 aromatic carbocycles. The van der Waals surface area contributed by atoms with E-state index in [4.69, 9.17) is 9.47 Å². The molecule has 1 saturated carbocycles. The first-order valence-corrected chi connectivity index (χ1v) is 11.9. The second kappa shape index (κ2) is 13.8. The molecule has 2 aliphatic rings. The van der Waals surface area contributed by atoms with Gasteiger partial charge >= 0.3 is 11.9 Å². The summed E-state index contributed by atoms with van der Waals surface area (Å²) in [6.07, 6.45) is 17.5. The first-order valence-electron chi connectivity index (χ1n) is 11.9. The Bertz CT molecular complexity index is 521. The van der Waals surface area contributed by atoms with Crippen LogP contribution in [0.3, 0.4) is 0 Å². The van der Waals surface area contributed by atoms with Gasteiger partial charge in [-0.25, -0.2) is 4.79 Å². The molecule has 2 unspecified atom stereocenters. The summed E-state index contributed by atoms with van der Waals surface area (Å²) in [7, 11) is 0. The normalized spacial score (nSPS) is 21.0. The predicted octanol–water partition coefficient (Wildman–Crippen LogP) is 5.59. The van der Waals surface area contributed by atoms with Crippen LogP contribution in [0.2, 0.25) is 0 Å². The van der Waals surface area contributed by atoms with Gasteiger partial charge in [0.05, 0.1) is 5.92 Å². The first-order chi connectivity index (χ1) is 14.1. The van der Waals surface area contributed by atoms with Gasteiger partial charge in [-0.3, -0.25) is 4.79 Å². The smallest absolute Gasteiger partial charge is 0.333 e. The highest BCUT2D eigenvalue weighted by molar-refractivity contribution is 5.86. The fourth-order valence-electron chi connectivity index (χ4n) is 4.36. The van der Waals surface area contributed by atoms with Gasteiger partial charge in [0.1, 0.15) is 6.10 Å². The van der Waals surface area contributed by atoms with Crippen LogP contribution in [0.25, 0.3) is 0 Å². The number of cyclic esters (lactones) is 1. The monoisotopic (exact) mass is 408 g/mol. The Morgan fingerprint density at radius 1 is 1.03 bits per heavy atom. The summed E-state index contributed by atoms with van der Waals surface area (Å²) in [5.41, 5.74) is 0.398.